The smallest absolute Gasteiger partial charge is 0.245 e. The van der Waals surface area contributed by atoms with E-state index in [0.717, 1.165) is 46.5 Å². The highest BCUT2D eigenvalue weighted by atomic mass is 16.3. The lowest BCUT2D eigenvalue weighted by molar-refractivity contribution is -0.137. The first-order valence-corrected chi connectivity index (χ1v) is 27.2. The van der Waals surface area contributed by atoms with Crippen LogP contribution in [0.2, 0.25) is 0 Å². The summed E-state index contributed by atoms with van der Waals surface area (Å²) in [5, 5.41) is 78.6. The first-order valence-electron chi connectivity index (χ1n) is 27.2. The number of hydrogen-bond donors (Lipinski definition) is 19. The van der Waals surface area contributed by atoms with E-state index in [2.05, 4.69) is 58.5 Å². The molecule has 0 aliphatic carbocycles. The Morgan fingerprint density at radius 3 is 1.65 bits per heavy atom. The molecule has 0 saturated carbocycles. The number of aliphatic hydroxyl groups excluding tert-OH is 5. The molecule has 456 valence electrons. The predicted octanol–water partition coefficient (Wildman–Crippen LogP) is -7.87. The van der Waals surface area contributed by atoms with Crippen LogP contribution in [0.4, 0.5) is 0 Å². The predicted molar refractivity (Wildman–Crippen MR) is 291 cm³/mol. The van der Waals surface area contributed by atoms with Crippen molar-refractivity contribution in [3.63, 3.8) is 0 Å². The summed E-state index contributed by atoms with van der Waals surface area (Å²) >= 11 is 0. The number of aliphatic hydroxyl groups is 5. The lowest BCUT2D eigenvalue weighted by atomic mass is 10.0. The fourth-order valence-corrected chi connectivity index (χ4v) is 8.22. The topological polar surface area (TPSA) is 499 Å². The second kappa shape index (κ2) is 37.2. The van der Waals surface area contributed by atoms with E-state index in [0.29, 0.717) is 12.0 Å². The third kappa shape index (κ3) is 24.4. The van der Waals surface area contributed by atoms with Gasteiger partial charge in [-0.3, -0.25) is 52.7 Å². The standard InChI is InChI=1S/C51H86N14O16/c1-5-6-7-8-12-15-38(71)56-31(16-20-52)45(75)64-41(29(4)70)51(81)62-36(25-66)47(77)58-34-19-23-55-49(79)39(27(2)68)63-48(78)37(26-67)61-43(73)33(18-22-54)59-50(80)40(28(3)69)65-46(76)35(24-30-13-10-9-11-14-30)60-42(72)32(17-21-53)57-44(34)74/h9-11,13-14,27-29,31-37,39-41,66-70H,5-8,12,15-26,52-54H2,1-4H3,(H,55,79)(H,56,71)(H,57,74)(H,58,77)(H,59,80)(H,60,72)(H,61,73)(H,62,81)(H,63,78)(H,64,75)(H,65,76)/t27-,28-,29-,31+,32+,33+,34+,35-,36-,37+,39+,40+,41+/m1/s1. The fourth-order valence-electron chi connectivity index (χ4n) is 8.22. The molecule has 1 aromatic rings. The van der Waals surface area contributed by atoms with Crippen LogP contribution in [0.5, 0.6) is 0 Å². The van der Waals surface area contributed by atoms with Gasteiger partial charge in [-0.2, -0.15) is 0 Å². The Kier molecular flexibility index (Phi) is 32.2. The Morgan fingerprint density at radius 2 is 1.12 bits per heavy atom. The van der Waals surface area contributed by atoms with Crippen LogP contribution in [-0.4, -0.2) is 209 Å². The Labute approximate surface area is 470 Å². The average molecular weight is 1150 g/mol. The van der Waals surface area contributed by atoms with Gasteiger partial charge in [-0.25, -0.2) is 0 Å². The van der Waals surface area contributed by atoms with Gasteiger partial charge in [0.25, 0.3) is 0 Å². The minimum Gasteiger partial charge on any atom is -0.394 e. The van der Waals surface area contributed by atoms with Crippen molar-refractivity contribution in [1.82, 2.24) is 58.5 Å². The molecule has 22 N–H and O–H groups in total. The zero-order valence-corrected chi connectivity index (χ0v) is 46.4. The van der Waals surface area contributed by atoms with E-state index in [-0.39, 0.29) is 51.7 Å². The Balaban J connectivity index is 2.62. The highest BCUT2D eigenvalue weighted by molar-refractivity contribution is 5.99. The SMILES string of the molecule is CCCCCCCC(=O)N[C@@H](CCN)C(=O)N[C@H](C(=O)N[C@H](CO)C(=O)N[C@H]1CCNC(=O)[C@H]([C@@H](C)O)NC(=O)[C@H](CO)NC(=O)[C@H](CCN)NC(=O)[C@H]([C@@H](C)O)NC(=O)[C@@H](Cc2ccccc2)NC(=O)[C@H](CCN)NC1=O)[C@@H](C)O. The van der Waals surface area contributed by atoms with Gasteiger partial charge in [0.1, 0.15) is 60.4 Å². The maximum absolute atomic E-state index is 14.3. The molecule has 81 heavy (non-hydrogen) atoms. The number of unbranched alkanes of at least 4 members (excludes halogenated alkanes) is 4. The van der Waals surface area contributed by atoms with E-state index < -0.39 is 170 Å². The van der Waals surface area contributed by atoms with Crippen molar-refractivity contribution in [2.75, 3.05) is 39.4 Å². The molecule has 30 heteroatoms. The van der Waals surface area contributed by atoms with E-state index in [4.69, 9.17) is 17.2 Å². The van der Waals surface area contributed by atoms with Gasteiger partial charge in [-0.05, 0) is 78.1 Å². The average Bonchev–Trinajstić information content (AvgIpc) is 3.43. The fraction of sp³-hybridized carbons (Fsp3) is 0.667. The molecule has 0 aromatic heterocycles. The first-order chi connectivity index (χ1) is 38.5. The molecule has 1 aliphatic rings. The summed E-state index contributed by atoms with van der Waals surface area (Å²) < 4.78 is 0. The molecule has 1 fully saturated rings. The molecule has 1 heterocycles. The van der Waals surface area contributed by atoms with E-state index in [1.165, 1.54) is 0 Å². The summed E-state index contributed by atoms with van der Waals surface area (Å²) in [6.45, 7) is 2.14. The van der Waals surface area contributed by atoms with Crippen molar-refractivity contribution in [1.29, 1.82) is 0 Å². The second-order valence-electron chi connectivity index (χ2n) is 19.7. The van der Waals surface area contributed by atoms with Crippen molar-refractivity contribution >= 4 is 65.0 Å². The van der Waals surface area contributed by atoms with Crippen molar-refractivity contribution in [3.8, 4) is 0 Å². The largest absolute Gasteiger partial charge is 0.394 e. The van der Waals surface area contributed by atoms with Crippen LogP contribution >= 0.6 is 0 Å². The number of nitrogens with two attached hydrogens (primary N) is 3. The zero-order valence-electron chi connectivity index (χ0n) is 46.4. The maximum Gasteiger partial charge on any atom is 0.245 e. The summed E-state index contributed by atoms with van der Waals surface area (Å²) in [7, 11) is 0. The van der Waals surface area contributed by atoms with Crippen molar-refractivity contribution in [2.45, 2.75) is 177 Å². The van der Waals surface area contributed by atoms with Crippen LogP contribution in [0.3, 0.4) is 0 Å². The van der Waals surface area contributed by atoms with Crippen LogP contribution in [0.25, 0.3) is 0 Å². The van der Waals surface area contributed by atoms with Gasteiger partial charge in [-0.15, -0.1) is 0 Å². The molecular weight excluding hydrogens is 1060 g/mol. The summed E-state index contributed by atoms with van der Waals surface area (Å²) in [4.78, 5) is 151. The molecule has 1 aromatic carbocycles. The lowest BCUT2D eigenvalue weighted by Crippen LogP contribution is -2.63. The minimum absolute atomic E-state index is 0.0521. The number of rotatable bonds is 26. The molecule has 1 aliphatic heterocycles. The van der Waals surface area contributed by atoms with Gasteiger partial charge in [0.15, 0.2) is 0 Å². The first kappa shape index (κ1) is 70.2. The van der Waals surface area contributed by atoms with Gasteiger partial charge < -0.3 is 101 Å². The van der Waals surface area contributed by atoms with E-state index in [1.54, 1.807) is 30.3 Å². The lowest BCUT2D eigenvalue weighted by Gasteiger charge is -2.29. The van der Waals surface area contributed by atoms with Crippen LogP contribution in [0, 0.1) is 0 Å². The molecule has 0 unspecified atom stereocenters. The number of hydrogen-bond acceptors (Lipinski definition) is 19. The van der Waals surface area contributed by atoms with E-state index >= 15 is 0 Å². The maximum atomic E-state index is 14.3. The summed E-state index contributed by atoms with van der Waals surface area (Å²) in [5.41, 5.74) is 17.8. The Morgan fingerprint density at radius 1 is 0.593 bits per heavy atom. The van der Waals surface area contributed by atoms with E-state index in [1.807, 2.05) is 6.92 Å². The minimum atomic E-state index is -1.92. The van der Waals surface area contributed by atoms with Gasteiger partial charge in [0.05, 0.1) is 31.5 Å². The second-order valence-corrected chi connectivity index (χ2v) is 19.7. The molecule has 30 nitrogen and oxygen atoms in total. The van der Waals surface area contributed by atoms with Crippen molar-refractivity contribution in [3.05, 3.63) is 35.9 Å². The summed E-state index contributed by atoms with van der Waals surface area (Å²) in [6.07, 6.45) is -1.97. The number of carbonyl (C=O) groups is 11. The van der Waals surface area contributed by atoms with E-state index in [9.17, 15) is 78.3 Å². The number of benzene rings is 1. The molecule has 1 saturated heterocycles. The van der Waals surface area contributed by atoms with Crippen LogP contribution < -0.4 is 75.7 Å². The molecule has 0 spiro atoms. The normalized spacial score (nSPS) is 23.4. The molecule has 13 atom stereocenters. The third-order valence-corrected chi connectivity index (χ3v) is 12.9. The third-order valence-electron chi connectivity index (χ3n) is 12.9. The highest BCUT2D eigenvalue weighted by Crippen LogP contribution is 2.10. The summed E-state index contributed by atoms with van der Waals surface area (Å²) in [6, 6.07) is -8.62. The summed E-state index contributed by atoms with van der Waals surface area (Å²) in [5.74, 6) is -11.5. The molecule has 11 amide bonds. The van der Waals surface area contributed by atoms with Crippen LogP contribution in [0.1, 0.15) is 97.5 Å². The zero-order chi connectivity index (χ0) is 60.8. The van der Waals surface area contributed by atoms with Crippen molar-refractivity contribution in [2.24, 2.45) is 17.2 Å². The van der Waals surface area contributed by atoms with Gasteiger partial charge in [-0.1, -0.05) is 62.9 Å². The number of amides is 11. The van der Waals surface area contributed by atoms with Gasteiger partial charge in [0, 0.05) is 19.4 Å². The molecular formula is C51H86N14O16. The van der Waals surface area contributed by atoms with Crippen LogP contribution in [-0.2, 0) is 59.2 Å². The highest BCUT2D eigenvalue weighted by Gasteiger charge is 2.38. The number of carbonyl (C=O) groups excluding carboxylic acids is 11. The van der Waals surface area contributed by atoms with Crippen LogP contribution in [0.15, 0.2) is 30.3 Å². The monoisotopic (exact) mass is 1150 g/mol. The molecule has 2 rings (SSSR count). The quantitative estimate of drug-likeness (QED) is 0.0383. The van der Waals surface area contributed by atoms with Gasteiger partial charge >= 0.3 is 0 Å². The number of nitrogens with one attached hydrogen (secondary N) is 11. The molecule has 0 bridgehead atoms. The van der Waals surface area contributed by atoms with Gasteiger partial charge in [0.2, 0.25) is 65.0 Å². The Hall–Kier alpha value is -6.93. The molecule has 0 radical (unpaired) electrons. The Bertz CT molecular complexity index is 2230. The van der Waals surface area contributed by atoms with Crippen molar-refractivity contribution < 1.29 is 78.3 Å².